The van der Waals surface area contributed by atoms with Gasteiger partial charge in [-0.1, -0.05) is 42.5 Å². The molecule has 1 aromatic heterocycles. The minimum atomic E-state index is -0.618. The first-order valence-corrected chi connectivity index (χ1v) is 8.22. The second-order valence-electron chi connectivity index (χ2n) is 6.21. The van der Waals surface area contributed by atoms with E-state index in [2.05, 4.69) is 40.8 Å². The van der Waals surface area contributed by atoms with Gasteiger partial charge in [0, 0.05) is 17.9 Å². The van der Waals surface area contributed by atoms with Gasteiger partial charge in [-0.25, -0.2) is 4.98 Å². The number of nitrogens with zero attached hydrogens (tertiary/aromatic N) is 2. The van der Waals surface area contributed by atoms with Crippen LogP contribution in [0, 0.1) is 0 Å². The highest BCUT2D eigenvalue weighted by Gasteiger charge is 2.15. The number of aliphatic hydroxyl groups is 1. The highest BCUT2D eigenvalue weighted by molar-refractivity contribution is 5.51. The van der Waals surface area contributed by atoms with Crippen LogP contribution in [0.2, 0.25) is 0 Å². The van der Waals surface area contributed by atoms with Crippen molar-refractivity contribution >= 4 is 5.69 Å². The SMILES string of the molecule is CC(C)N(Cc1cnc[nH]1)c1cccc(C(O)c2ccccc2)c1. The fourth-order valence-electron chi connectivity index (χ4n) is 2.83. The number of hydrogen-bond donors (Lipinski definition) is 2. The summed E-state index contributed by atoms with van der Waals surface area (Å²) in [4.78, 5) is 9.53. The summed E-state index contributed by atoms with van der Waals surface area (Å²) in [7, 11) is 0. The number of H-pyrrole nitrogens is 1. The molecule has 0 aliphatic rings. The van der Waals surface area contributed by atoms with Gasteiger partial charge in [-0.2, -0.15) is 0 Å². The first-order valence-electron chi connectivity index (χ1n) is 8.22. The molecule has 24 heavy (non-hydrogen) atoms. The summed E-state index contributed by atoms with van der Waals surface area (Å²) in [5, 5.41) is 10.7. The second kappa shape index (κ2) is 7.32. The lowest BCUT2D eigenvalue weighted by molar-refractivity contribution is 0.220. The maximum atomic E-state index is 10.7. The summed E-state index contributed by atoms with van der Waals surface area (Å²) >= 11 is 0. The highest BCUT2D eigenvalue weighted by Crippen LogP contribution is 2.27. The maximum absolute atomic E-state index is 10.7. The van der Waals surface area contributed by atoms with Gasteiger partial charge in [-0.15, -0.1) is 0 Å². The molecular weight excluding hydrogens is 298 g/mol. The molecule has 4 heteroatoms. The Morgan fingerprint density at radius 1 is 1.04 bits per heavy atom. The van der Waals surface area contributed by atoms with Gasteiger partial charge in [0.25, 0.3) is 0 Å². The van der Waals surface area contributed by atoms with Gasteiger partial charge >= 0.3 is 0 Å². The van der Waals surface area contributed by atoms with Gasteiger partial charge in [-0.05, 0) is 37.1 Å². The van der Waals surface area contributed by atoms with Crippen LogP contribution in [0.4, 0.5) is 5.69 Å². The van der Waals surface area contributed by atoms with E-state index in [9.17, 15) is 5.11 Å². The van der Waals surface area contributed by atoms with Crippen LogP contribution in [0.3, 0.4) is 0 Å². The molecule has 2 aromatic carbocycles. The molecule has 0 fully saturated rings. The molecule has 0 spiro atoms. The number of hydrogen-bond acceptors (Lipinski definition) is 3. The van der Waals surface area contributed by atoms with Gasteiger partial charge < -0.3 is 15.0 Å². The molecule has 1 heterocycles. The molecule has 1 atom stereocenters. The van der Waals surface area contributed by atoms with Crippen molar-refractivity contribution in [2.45, 2.75) is 32.5 Å². The van der Waals surface area contributed by atoms with Gasteiger partial charge in [0.2, 0.25) is 0 Å². The molecule has 4 nitrogen and oxygen atoms in total. The second-order valence-corrected chi connectivity index (χ2v) is 6.21. The predicted molar refractivity (Wildman–Crippen MR) is 96.9 cm³/mol. The lowest BCUT2D eigenvalue weighted by atomic mass is 10.0. The van der Waals surface area contributed by atoms with Crippen molar-refractivity contribution in [2.24, 2.45) is 0 Å². The Morgan fingerprint density at radius 2 is 1.79 bits per heavy atom. The Balaban J connectivity index is 1.87. The number of imidazole rings is 1. The van der Waals surface area contributed by atoms with Crippen molar-refractivity contribution in [2.75, 3.05) is 4.90 Å². The number of aliphatic hydroxyl groups excluding tert-OH is 1. The largest absolute Gasteiger partial charge is 0.384 e. The van der Waals surface area contributed by atoms with Crippen LogP contribution >= 0.6 is 0 Å². The van der Waals surface area contributed by atoms with E-state index in [0.717, 1.165) is 29.1 Å². The highest BCUT2D eigenvalue weighted by atomic mass is 16.3. The van der Waals surface area contributed by atoms with E-state index in [1.807, 2.05) is 48.7 Å². The Labute approximate surface area is 142 Å². The van der Waals surface area contributed by atoms with Crippen LogP contribution < -0.4 is 4.90 Å². The number of benzene rings is 2. The van der Waals surface area contributed by atoms with Crippen molar-refractivity contribution in [1.29, 1.82) is 0 Å². The molecule has 0 radical (unpaired) electrons. The molecule has 0 bridgehead atoms. The number of aromatic amines is 1. The lowest BCUT2D eigenvalue weighted by Gasteiger charge is -2.29. The van der Waals surface area contributed by atoms with Crippen molar-refractivity contribution in [3.05, 3.63) is 83.9 Å². The number of nitrogens with one attached hydrogen (secondary N) is 1. The van der Waals surface area contributed by atoms with Gasteiger partial charge in [0.15, 0.2) is 0 Å². The summed E-state index contributed by atoms with van der Waals surface area (Å²) < 4.78 is 0. The average molecular weight is 321 g/mol. The molecule has 3 rings (SSSR count). The first kappa shape index (κ1) is 16.3. The first-order chi connectivity index (χ1) is 11.6. The monoisotopic (exact) mass is 321 g/mol. The predicted octanol–water partition coefficient (Wildman–Crippen LogP) is 3.91. The maximum Gasteiger partial charge on any atom is 0.104 e. The van der Waals surface area contributed by atoms with Gasteiger partial charge in [0.1, 0.15) is 6.10 Å². The summed E-state index contributed by atoms with van der Waals surface area (Å²) in [5.41, 5.74) is 3.96. The van der Waals surface area contributed by atoms with Crippen LogP contribution in [0.5, 0.6) is 0 Å². The molecular formula is C20H23N3O. The lowest BCUT2D eigenvalue weighted by Crippen LogP contribution is -2.30. The minimum absolute atomic E-state index is 0.331. The molecule has 0 saturated heterocycles. The molecule has 0 saturated carbocycles. The molecule has 0 aliphatic carbocycles. The van der Waals surface area contributed by atoms with E-state index in [1.54, 1.807) is 6.33 Å². The van der Waals surface area contributed by atoms with Crippen molar-refractivity contribution in [1.82, 2.24) is 9.97 Å². The van der Waals surface area contributed by atoms with Crippen molar-refractivity contribution in [3.8, 4) is 0 Å². The van der Waals surface area contributed by atoms with E-state index >= 15 is 0 Å². The number of rotatable bonds is 6. The Hall–Kier alpha value is -2.59. The van der Waals surface area contributed by atoms with E-state index in [1.165, 1.54) is 0 Å². The van der Waals surface area contributed by atoms with E-state index in [-0.39, 0.29) is 0 Å². The summed E-state index contributed by atoms with van der Waals surface area (Å²) in [6.07, 6.45) is 2.92. The third-order valence-electron chi connectivity index (χ3n) is 4.15. The molecule has 2 N–H and O–H groups in total. The van der Waals surface area contributed by atoms with Gasteiger partial charge in [-0.3, -0.25) is 0 Å². The fourth-order valence-corrected chi connectivity index (χ4v) is 2.83. The molecule has 1 unspecified atom stereocenters. The normalized spacial score (nSPS) is 12.3. The Bertz CT molecular complexity index is 754. The summed E-state index contributed by atoms with van der Waals surface area (Å²) in [6, 6.07) is 18.2. The third-order valence-corrected chi connectivity index (χ3v) is 4.15. The van der Waals surface area contributed by atoms with E-state index in [0.29, 0.717) is 6.04 Å². The summed E-state index contributed by atoms with van der Waals surface area (Å²) in [5.74, 6) is 0. The van der Waals surface area contributed by atoms with Crippen LogP contribution in [0.1, 0.15) is 36.8 Å². The van der Waals surface area contributed by atoms with E-state index in [4.69, 9.17) is 0 Å². The van der Waals surface area contributed by atoms with Gasteiger partial charge in [0.05, 0.1) is 18.6 Å². The molecule has 3 aromatic rings. The van der Waals surface area contributed by atoms with E-state index < -0.39 is 6.10 Å². The average Bonchev–Trinajstić information content (AvgIpc) is 3.13. The zero-order valence-electron chi connectivity index (χ0n) is 14.1. The van der Waals surface area contributed by atoms with Crippen molar-refractivity contribution in [3.63, 3.8) is 0 Å². The number of anilines is 1. The van der Waals surface area contributed by atoms with Crippen molar-refractivity contribution < 1.29 is 5.11 Å². The Morgan fingerprint density at radius 3 is 2.46 bits per heavy atom. The smallest absolute Gasteiger partial charge is 0.104 e. The molecule has 124 valence electrons. The third kappa shape index (κ3) is 3.66. The van der Waals surface area contributed by atoms with Crippen LogP contribution in [-0.4, -0.2) is 21.1 Å². The standard InChI is InChI=1S/C20H23N3O/c1-15(2)23(13-18-12-21-14-22-18)19-10-6-9-17(11-19)20(24)16-7-4-3-5-8-16/h3-12,14-15,20,24H,13H2,1-2H3,(H,21,22). The fraction of sp³-hybridized carbons (Fsp3) is 0.250. The quantitative estimate of drug-likeness (QED) is 0.724. The Kier molecular flexibility index (Phi) is 4.96. The zero-order valence-corrected chi connectivity index (χ0v) is 14.1. The van der Waals surface area contributed by atoms with Crippen LogP contribution in [0.15, 0.2) is 67.1 Å². The number of aromatic nitrogens is 2. The zero-order chi connectivity index (χ0) is 16.9. The van der Waals surface area contributed by atoms with Crippen LogP contribution in [-0.2, 0) is 6.54 Å². The summed E-state index contributed by atoms with van der Waals surface area (Å²) in [6.45, 7) is 5.08. The molecule has 0 aliphatic heterocycles. The topological polar surface area (TPSA) is 52.2 Å². The molecule has 0 amide bonds. The minimum Gasteiger partial charge on any atom is -0.384 e. The van der Waals surface area contributed by atoms with Crippen LogP contribution in [0.25, 0.3) is 0 Å².